The van der Waals surface area contributed by atoms with Crippen LogP contribution < -0.4 is 5.32 Å². The Hall–Kier alpha value is -1.62. The zero-order valence-electron chi connectivity index (χ0n) is 11.1. The summed E-state index contributed by atoms with van der Waals surface area (Å²) < 4.78 is 15.4. The summed E-state index contributed by atoms with van der Waals surface area (Å²) in [5, 5.41) is 2.58. The molecule has 1 saturated heterocycles. The predicted octanol–water partition coefficient (Wildman–Crippen LogP) is 2.93. The predicted molar refractivity (Wildman–Crippen MR) is 75.2 cm³/mol. The molecule has 0 bridgehead atoms. The molecule has 106 valence electrons. The minimum absolute atomic E-state index is 0.0668. The first-order valence-corrected chi connectivity index (χ1v) is 7.08. The normalized spacial score (nSPS) is 20.9. The van der Waals surface area contributed by atoms with Crippen LogP contribution in [-0.4, -0.2) is 22.0 Å². The summed E-state index contributed by atoms with van der Waals surface area (Å²) >= 11 is 6.20. The average Bonchev–Trinajstić information content (AvgIpc) is 2.78. The van der Waals surface area contributed by atoms with Crippen molar-refractivity contribution >= 4 is 28.5 Å². The Morgan fingerprint density at radius 1 is 1.55 bits per heavy atom. The van der Waals surface area contributed by atoms with Crippen LogP contribution in [-0.2, 0) is 4.79 Å². The standard InChI is InChI=1S/C14H15ClFN3O/c1-8(15)14-18-11-6-9(16)2-4-12(11)19(14)10-3-5-13(20)17-7-10/h2,4,6,8,10H,3,5,7H2,1H3,(H,17,20). The Morgan fingerprint density at radius 3 is 3.00 bits per heavy atom. The molecule has 2 unspecified atom stereocenters. The van der Waals surface area contributed by atoms with Gasteiger partial charge in [0.1, 0.15) is 11.6 Å². The third kappa shape index (κ3) is 2.26. The fraction of sp³-hybridized carbons (Fsp3) is 0.429. The van der Waals surface area contributed by atoms with E-state index in [9.17, 15) is 9.18 Å². The summed E-state index contributed by atoms with van der Waals surface area (Å²) in [6.45, 7) is 2.40. The van der Waals surface area contributed by atoms with Gasteiger partial charge in [0.2, 0.25) is 5.91 Å². The van der Waals surface area contributed by atoms with Crippen LogP contribution in [0.5, 0.6) is 0 Å². The van der Waals surface area contributed by atoms with E-state index in [0.717, 1.165) is 11.9 Å². The quantitative estimate of drug-likeness (QED) is 0.866. The Bertz CT molecular complexity index is 658. The molecule has 20 heavy (non-hydrogen) atoms. The summed E-state index contributed by atoms with van der Waals surface area (Å²) in [6, 6.07) is 4.66. The second-order valence-corrected chi connectivity index (χ2v) is 5.74. The first kappa shape index (κ1) is 13.4. The number of benzene rings is 1. The fourth-order valence-corrected chi connectivity index (χ4v) is 2.85. The topological polar surface area (TPSA) is 46.9 Å². The summed E-state index contributed by atoms with van der Waals surface area (Å²) in [5.41, 5.74) is 1.46. The number of hydrogen-bond acceptors (Lipinski definition) is 2. The number of aromatic nitrogens is 2. The van der Waals surface area contributed by atoms with Gasteiger partial charge in [0.15, 0.2) is 0 Å². The molecule has 0 radical (unpaired) electrons. The maximum Gasteiger partial charge on any atom is 0.220 e. The summed E-state index contributed by atoms with van der Waals surface area (Å²) in [6.07, 6.45) is 1.23. The maximum absolute atomic E-state index is 13.3. The van der Waals surface area contributed by atoms with Crippen LogP contribution in [0.4, 0.5) is 4.39 Å². The van der Waals surface area contributed by atoms with Crippen molar-refractivity contribution in [2.75, 3.05) is 6.54 Å². The molecule has 1 aliphatic rings. The first-order valence-electron chi connectivity index (χ1n) is 6.64. The number of alkyl halides is 1. The first-order chi connectivity index (χ1) is 9.56. The number of carbonyl (C=O) groups is 1. The van der Waals surface area contributed by atoms with E-state index in [4.69, 9.17) is 11.6 Å². The largest absolute Gasteiger partial charge is 0.354 e. The zero-order chi connectivity index (χ0) is 14.3. The Labute approximate surface area is 120 Å². The van der Waals surface area contributed by atoms with Gasteiger partial charge in [0.25, 0.3) is 0 Å². The van der Waals surface area contributed by atoms with Gasteiger partial charge in [0, 0.05) is 19.0 Å². The van der Waals surface area contributed by atoms with E-state index in [1.807, 2.05) is 11.5 Å². The lowest BCUT2D eigenvalue weighted by atomic mass is 10.1. The minimum Gasteiger partial charge on any atom is -0.354 e. The molecule has 4 nitrogen and oxygen atoms in total. The zero-order valence-corrected chi connectivity index (χ0v) is 11.8. The van der Waals surface area contributed by atoms with Gasteiger partial charge in [-0.3, -0.25) is 4.79 Å². The van der Waals surface area contributed by atoms with E-state index < -0.39 is 0 Å². The molecule has 1 fully saturated rings. The third-order valence-electron chi connectivity index (χ3n) is 3.64. The number of piperidine rings is 1. The Morgan fingerprint density at radius 2 is 2.35 bits per heavy atom. The van der Waals surface area contributed by atoms with E-state index in [-0.39, 0.29) is 23.1 Å². The molecular formula is C14H15ClFN3O. The Kier molecular flexibility index (Phi) is 3.38. The molecule has 1 aromatic heterocycles. The van der Waals surface area contributed by atoms with E-state index >= 15 is 0 Å². The maximum atomic E-state index is 13.3. The van der Waals surface area contributed by atoms with Crippen molar-refractivity contribution in [2.45, 2.75) is 31.2 Å². The monoisotopic (exact) mass is 295 g/mol. The van der Waals surface area contributed by atoms with Gasteiger partial charge >= 0.3 is 0 Å². The molecule has 0 spiro atoms. The van der Waals surface area contributed by atoms with Crippen LogP contribution in [0.1, 0.15) is 37.0 Å². The number of fused-ring (bicyclic) bond motifs is 1. The number of hydrogen-bond donors (Lipinski definition) is 1. The van der Waals surface area contributed by atoms with Crippen LogP contribution >= 0.6 is 11.6 Å². The molecule has 1 N–H and O–H groups in total. The molecule has 2 atom stereocenters. The molecule has 3 rings (SSSR count). The highest BCUT2D eigenvalue weighted by molar-refractivity contribution is 6.20. The molecule has 2 aromatic rings. The minimum atomic E-state index is -0.312. The van der Waals surface area contributed by atoms with Crippen molar-refractivity contribution in [3.63, 3.8) is 0 Å². The highest BCUT2D eigenvalue weighted by Gasteiger charge is 2.25. The number of imidazole rings is 1. The van der Waals surface area contributed by atoms with Gasteiger partial charge in [0.05, 0.1) is 22.5 Å². The van der Waals surface area contributed by atoms with Gasteiger partial charge in [-0.05, 0) is 25.5 Å². The van der Waals surface area contributed by atoms with Crippen molar-refractivity contribution in [1.29, 1.82) is 0 Å². The van der Waals surface area contributed by atoms with Gasteiger partial charge in [-0.1, -0.05) is 0 Å². The summed E-state index contributed by atoms with van der Waals surface area (Å²) in [5.74, 6) is 0.471. The van der Waals surface area contributed by atoms with Crippen LogP contribution in [0, 0.1) is 5.82 Å². The third-order valence-corrected chi connectivity index (χ3v) is 3.83. The van der Waals surface area contributed by atoms with Crippen molar-refractivity contribution in [2.24, 2.45) is 0 Å². The summed E-state index contributed by atoms with van der Waals surface area (Å²) in [4.78, 5) is 15.7. The Balaban J connectivity index is 2.11. The van der Waals surface area contributed by atoms with Gasteiger partial charge in [-0.15, -0.1) is 11.6 Å². The number of nitrogens with zero attached hydrogens (tertiary/aromatic N) is 2. The molecule has 1 aliphatic heterocycles. The highest BCUT2D eigenvalue weighted by Crippen LogP contribution is 2.31. The highest BCUT2D eigenvalue weighted by atomic mass is 35.5. The molecule has 6 heteroatoms. The average molecular weight is 296 g/mol. The lowest BCUT2D eigenvalue weighted by Gasteiger charge is -2.26. The number of rotatable bonds is 2. The lowest BCUT2D eigenvalue weighted by molar-refractivity contribution is -0.122. The smallest absolute Gasteiger partial charge is 0.220 e. The summed E-state index contributed by atoms with van der Waals surface area (Å²) in [7, 11) is 0. The van der Waals surface area contributed by atoms with Gasteiger partial charge in [-0.2, -0.15) is 0 Å². The van der Waals surface area contributed by atoms with Crippen molar-refractivity contribution in [3.8, 4) is 0 Å². The number of nitrogens with one attached hydrogen (secondary N) is 1. The van der Waals surface area contributed by atoms with E-state index in [1.165, 1.54) is 12.1 Å². The number of halogens is 2. The number of carbonyl (C=O) groups excluding carboxylic acids is 1. The van der Waals surface area contributed by atoms with E-state index in [1.54, 1.807) is 6.07 Å². The second-order valence-electron chi connectivity index (χ2n) is 5.09. The lowest BCUT2D eigenvalue weighted by Crippen LogP contribution is -2.36. The van der Waals surface area contributed by atoms with Crippen molar-refractivity contribution in [3.05, 3.63) is 29.8 Å². The van der Waals surface area contributed by atoms with Crippen LogP contribution in [0.25, 0.3) is 11.0 Å². The van der Waals surface area contributed by atoms with Gasteiger partial charge < -0.3 is 9.88 Å². The molecule has 2 heterocycles. The van der Waals surface area contributed by atoms with Crippen LogP contribution in [0.15, 0.2) is 18.2 Å². The SMILES string of the molecule is CC(Cl)c1nc2cc(F)ccc2n1C1CCC(=O)NC1. The van der Waals surface area contributed by atoms with E-state index in [2.05, 4.69) is 10.3 Å². The van der Waals surface area contributed by atoms with Crippen molar-refractivity contribution < 1.29 is 9.18 Å². The van der Waals surface area contributed by atoms with Crippen LogP contribution in [0.3, 0.4) is 0 Å². The molecule has 1 amide bonds. The van der Waals surface area contributed by atoms with Crippen molar-refractivity contribution in [1.82, 2.24) is 14.9 Å². The molecule has 0 aliphatic carbocycles. The second kappa shape index (κ2) is 5.05. The van der Waals surface area contributed by atoms with Crippen LogP contribution in [0.2, 0.25) is 0 Å². The molecular weight excluding hydrogens is 281 g/mol. The molecule has 0 saturated carbocycles. The van der Waals surface area contributed by atoms with E-state index in [0.29, 0.717) is 24.3 Å². The fourth-order valence-electron chi connectivity index (χ4n) is 2.70. The van der Waals surface area contributed by atoms with Gasteiger partial charge in [-0.25, -0.2) is 9.37 Å². The molecule has 1 aromatic carbocycles. The number of amides is 1.